The maximum atomic E-state index is 12.8. The van der Waals surface area contributed by atoms with Crippen molar-refractivity contribution in [1.29, 1.82) is 0 Å². The Balaban J connectivity index is 2.03. The molecule has 2 aromatic carbocycles. The number of benzene rings is 2. The van der Waals surface area contributed by atoms with Crippen molar-refractivity contribution in [3.8, 4) is 0 Å². The second kappa shape index (κ2) is 6.25. The summed E-state index contributed by atoms with van der Waals surface area (Å²) in [6.07, 6.45) is 0. The Labute approximate surface area is 121 Å². The second-order valence-corrected chi connectivity index (χ2v) is 4.69. The molecule has 102 valence electrons. The van der Waals surface area contributed by atoms with E-state index in [1.54, 1.807) is 36.4 Å². The maximum Gasteiger partial charge on any atom is 0.251 e. The molecule has 2 aromatic rings. The smallest absolute Gasteiger partial charge is 0.251 e. The molecule has 0 saturated heterocycles. The summed E-state index contributed by atoms with van der Waals surface area (Å²) < 4.78 is 12.8. The first-order chi connectivity index (χ1) is 9.56. The fraction of sp³-hybridized carbons (Fsp3) is 0.0667. The van der Waals surface area contributed by atoms with Crippen LogP contribution in [0.25, 0.3) is 0 Å². The van der Waals surface area contributed by atoms with E-state index in [0.29, 0.717) is 17.7 Å². The SMILES string of the molecule is NC(=S)c1cccc(C(=O)NCc2ccc(F)cc2)c1. The van der Waals surface area contributed by atoms with Crippen LogP contribution in [0.2, 0.25) is 0 Å². The van der Waals surface area contributed by atoms with Crippen molar-refractivity contribution in [2.24, 2.45) is 5.73 Å². The van der Waals surface area contributed by atoms with Crippen molar-refractivity contribution in [2.45, 2.75) is 6.54 Å². The number of rotatable bonds is 4. The molecule has 20 heavy (non-hydrogen) atoms. The molecule has 0 radical (unpaired) electrons. The van der Waals surface area contributed by atoms with Crippen LogP contribution in [0.5, 0.6) is 0 Å². The minimum absolute atomic E-state index is 0.229. The maximum absolute atomic E-state index is 12.8. The second-order valence-electron chi connectivity index (χ2n) is 4.25. The Morgan fingerprint density at radius 1 is 1.15 bits per heavy atom. The summed E-state index contributed by atoms with van der Waals surface area (Å²) in [5, 5.41) is 2.76. The standard InChI is InChI=1S/C15H13FN2OS/c16-13-6-4-10(5-7-13)9-18-15(19)12-3-1-2-11(8-12)14(17)20/h1-8H,9H2,(H2,17,20)(H,18,19). The fourth-order valence-electron chi connectivity index (χ4n) is 1.70. The zero-order chi connectivity index (χ0) is 14.5. The van der Waals surface area contributed by atoms with E-state index in [-0.39, 0.29) is 16.7 Å². The number of nitrogens with one attached hydrogen (secondary N) is 1. The van der Waals surface area contributed by atoms with Gasteiger partial charge in [0.2, 0.25) is 0 Å². The van der Waals surface area contributed by atoms with Crippen molar-refractivity contribution in [1.82, 2.24) is 5.32 Å². The molecule has 0 aliphatic rings. The van der Waals surface area contributed by atoms with Crippen molar-refractivity contribution < 1.29 is 9.18 Å². The Hall–Kier alpha value is -2.27. The highest BCUT2D eigenvalue weighted by molar-refractivity contribution is 7.80. The van der Waals surface area contributed by atoms with E-state index in [9.17, 15) is 9.18 Å². The molecule has 0 spiro atoms. The van der Waals surface area contributed by atoms with E-state index in [1.807, 2.05) is 0 Å². The van der Waals surface area contributed by atoms with Crippen molar-refractivity contribution in [3.63, 3.8) is 0 Å². The van der Waals surface area contributed by atoms with Crippen molar-refractivity contribution >= 4 is 23.1 Å². The predicted molar refractivity (Wildman–Crippen MR) is 79.9 cm³/mol. The highest BCUT2D eigenvalue weighted by Crippen LogP contribution is 2.07. The Morgan fingerprint density at radius 2 is 1.80 bits per heavy atom. The van der Waals surface area contributed by atoms with Crippen LogP contribution < -0.4 is 11.1 Å². The Morgan fingerprint density at radius 3 is 2.45 bits per heavy atom. The summed E-state index contributed by atoms with van der Waals surface area (Å²) in [4.78, 5) is 12.2. The van der Waals surface area contributed by atoms with Gasteiger partial charge < -0.3 is 11.1 Å². The van der Waals surface area contributed by atoms with Crippen LogP contribution in [-0.4, -0.2) is 10.9 Å². The molecule has 0 aliphatic heterocycles. The van der Waals surface area contributed by atoms with Crippen LogP contribution >= 0.6 is 12.2 Å². The van der Waals surface area contributed by atoms with E-state index in [4.69, 9.17) is 18.0 Å². The van der Waals surface area contributed by atoms with Gasteiger partial charge in [-0.2, -0.15) is 0 Å². The van der Waals surface area contributed by atoms with Crippen LogP contribution in [0, 0.1) is 5.82 Å². The molecule has 0 fully saturated rings. The molecule has 0 aliphatic carbocycles. The van der Waals surface area contributed by atoms with E-state index < -0.39 is 0 Å². The topological polar surface area (TPSA) is 55.1 Å². The molecule has 0 saturated carbocycles. The summed E-state index contributed by atoms with van der Waals surface area (Å²) in [5.41, 5.74) is 7.48. The van der Waals surface area contributed by atoms with Gasteiger partial charge in [0.15, 0.2) is 0 Å². The van der Waals surface area contributed by atoms with Gasteiger partial charge in [0.25, 0.3) is 5.91 Å². The summed E-state index contributed by atoms with van der Waals surface area (Å²) in [5.74, 6) is -0.531. The average Bonchev–Trinajstić information content (AvgIpc) is 2.46. The van der Waals surface area contributed by atoms with Gasteiger partial charge in [-0.3, -0.25) is 4.79 Å². The van der Waals surface area contributed by atoms with E-state index in [2.05, 4.69) is 5.32 Å². The molecule has 0 unspecified atom stereocenters. The normalized spacial score (nSPS) is 10.1. The third-order valence-electron chi connectivity index (χ3n) is 2.78. The van der Waals surface area contributed by atoms with Gasteiger partial charge in [-0.25, -0.2) is 4.39 Å². The zero-order valence-electron chi connectivity index (χ0n) is 10.6. The molecule has 1 amide bonds. The number of hydrogen-bond donors (Lipinski definition) is 2. The molecule has 3 nitrogen and oxygen atoms in total. The average molecular weight is 288 g/mol. The lowest BCUT2D eigenvalue weighted by molar-refractivity contribution is 0.0951. The highest BCUT2D eigenvalue weighted by atomic mass is 32.1. The van der Waals surface area contributed by atoms with E-state index in [0.717, 1.165) is 5.56 Å². The van der Waals surface area contributed by atoms with E-state index >= 15 is 0 Å². The molecule has 3 N–H and O–H groups in total. The lowest BCUT2D eigenvalue weighted by Gasteiger charge is -2.06. The molecular weight excluding hydrogens is 275 g/mol. The van der Waals surface area contributed by atoms with Crippen LogP contribution in [0.1, 0.15) is 21.5 Å². The minimum atomic E-state index is -0.302. The Kier molecular flexibility index (Phi) is 4.42. The number of carbonyl (C=O) groups is 1. The summed E-state index contributed by atoms with van der Waals surface area (Å²) >= 11 is 4.87. The third kappa shape index (κ3) is 3.61. The molecule has 5 heteroatoms. The zero-order valence-corrected chi connectivity index (χ0v) is 11.4. The molecule has 0 aromatic heterocycles. The molecule has 2 rings (SSSR count). The summed E-state index contributed by atoms with van der Waals surface area (Å²) in [7, 11) is 0. The van der Waals surface area contributed by atoms with E-state index in [1.165, 1.54) is 12.1 Å². The first-order valence-corrected chi connectivity index (χ1v) is 6.39. The minimum Gasteiger partial charge on any atom is -0.389 e. The third-order valence-corrected chi connectivity index (χ3v) is 3.01. The van der Waals surface area contributed by atoms with Crippen LogP contribution in [-0.2, 0) is 6.54 Å². The predicted octanol–water partition coefficient (Wildman–Crippen LogP) is 2.39. The number of thiocarbonyl (C=S) groups is 1. The lowest BCUT2D eigenvalue weighted by Crippen LogP contribution is -2.23. The molecule has 0 bridgehead atoms. The van der Waals surface area contributed by atoms with Crippen LogP contribution in [0.3, 0.4) is 0 Å². The fourth-order valence-corrected chi connectivity index (χ4v) is 1.83. The molecule has 0 atom stereocenters. The monoisotopic (exact) mass is 288 g/mol. The van der Waals surface area contributed by atoms with Crippen molar-refractivity contribution in [2.75, 3.05) is 0 Å². The number of carbonyl (C=O) groups excluding carboxylic acids is 1. The molecule has 0 heterocycles. The number of halogens is 1. The van der Waals surface area contributed by atoms with Gasteiger partial charge in [-0.1, -0.05) is 36.5 Å². The largest absolute Gasteiger partial charge is 0.389 e. The number of nitrogens with two attached hydrogens (primary N) is 1. The number of hydrogen-bond acceptors (Lipinski definition) is 2. The van der Waals surface area contributed by atoms with Gasteiger partial charge in [0.05, 0.1) is 0 Å². The van der Waals surface area contributed by atoms with Gasteiger partial charge in [-0.05, 0) is 29.8 Å². The highest BCUT2D eigenvalue weighted by Gasteiger charge is 2.07. The quantitative estimate of drug-likeness (QED) is 0.849. The van der Waals surface area contributed by atoms with Gasteiger partial charge in [0, 0.05) is 17.7 Å². The summed E-state index contributed by atoms with van der Waals surface area (Å²) in [6, 6.07) is 12.8. The first-order valence-electron chi connectivity index (χ1n) is 5.99. The van der Waals surface area contributed by atoms with Crippen LogP contribution in [0.15, 0.2) is 48.5 Å². The van der Waals surface area contributed by atoms with Gasteiger partial charge in [-0.15, -0.1) is 0 Å². The summed E-state index contributed by atoms with van der Waals surface area (Å²) in [6.45, 7) is 0.330. The van der Waals surface area contributed by atoms with Crippen LogP contribution in [0.4, 0.5) is 4.39 Å². The van der Waals surface area contributed by atoms with Crippen molar-refractivity contribution in [3.05, 3.63) is 71.0 Å². The van der Waals surface area contributed by atoms with Gasteiger partial charge in [0.1, 0.15) is 10.8 Å². The number of amides is 1. The first kappa shape index (κ1) is 14.1. The lowest BCUT2D eigenvalue weighted by atomic mass is 10.1. The van der Waals surface area contributed by atoms with Gasteiger partial charge >= 0.3 is 0 Å². The molecular formula is C15H13FN2OS. The Bertz CT molecular complexity index is 641.